The second-order valence-electron chi connectivity index (χ2n) is 8.44. The summed E-state index contributed by atoms with van der Waals surface area (Å²) in [7, 11) is 1.05. The number of benzene rings is 3. The van der Waals surface area contributed by atoms with Crippen LogP contribution in [0.2, 0.25) is 0 Å². The maximum atomic E-state index is 9.50. The Kier molecular flexibility index (Phi) is 8.39. The van der Waals surface area contributed by atoms with Gasteiger partial charge in [-0.15, -0.1) is 0 Å². The molecule has 0 aliphatic carbocycles. The number of aliphatic hydroxyl groups is 1. The maximum Gasteiger partial charge on any atom is 0.142 e. The third-order valence-corrected chi connectivity index (χ3v) is 8.94. The first-order valence-electron chi connectivity index (χ1n) is 11.9. The Morgan fingerprint density at radius 3 is 2.21 bits per heavy atom. The molecule has 0 radical (unpaired) electrons. The normalized spacial score (nSPS) is 16.0. The topological polar surface area (TPSA) is 35.9 Å². The van der Waals surface area contributed by atoms with Crippen LogP contribution in [0.5, 0.6) is 5.75 Å². The number of likely N-dealkylation sites (N-methyl/N-ethyl adjacent to an activating group) is 1. The molecule has 4 rings (SSSR count). The summed E-state index contributed by atoms with van der Waals surface area (Å²) < 4.78 is 5.96. The lowest BCUT2D eigenvalue weighted by Crippen LogP contribution is -2.43. The lowest BCUT2D eigenvalue weighted by molar-refractivity contribution is 0.194. The molecule has 33 heavy (non-hydrogen) atoms. The molecule has 0 aromatic heterocycles. The van der Waals surface area contributed by atoms with Crippen LogP contribution < -0.4 is 25.6 Å². The van der Waals surface area contributed by atoms with E-state index in [9.17, 15) is 5.11 Å². The standard InChI is InChI=1S/C28H35N2O2P/c1-3-29(20-21-31)22-23-12-11-19-30(23)28-26(32-2)17-10-18-27(28)33(24-13-6-4-7-14-24)25-15-8-5-9-16-25/h4-10,13-18,23,31H,3,11-12,19-22H2,1-2H3/t23-/m0/s1. The maximum absolute atomic E-state index is 9.50. The van der Waals surface area contributed by atoms with E-state index in [1.165, 1.54) is 28.0 Å². The highest BCUT2D eigenvalue weighted by Crippen LogP contribution is 2.42. The van der Waals surface area contributed by atoms with E-state index in [1.807, 2.05) is 0 Å². The quantitative estimate of drug-likeness (QED) is 0.466. The summed E-state index contributed by atoms with van der Waals surface area (Å²) in [5.41, 5.74) is 1.24. The van der Waals surface area contributed by atoms with Gasteiger partial charge in [0.15, 0.2) is 0 Å². The minimum Gasteiger partial charge on any atom is -0.495 e. The lowest BCUT2D eigenvalue weighted by atomic mass is 10.1. The molecule has 4 nitrogen and oxygen atoms in total. The Morgan fingerprint density at radius 1 is 0.970 bits per heavy atom. The monoisotopic (exact) mass is 462 g/mol. The average molecular weight is 463 g/mol. The van der Waals surface area contributed by atoms with Gasteiger partial charge in [0, 0.05) is 31.0 Å². The molecule has 1 N–H and O–H groups in total. The minimum absolute atomic E-state index is 0.202. The predicted octanol–water partition coefficient (Wildman–Crippen LogP) is 3.74. The highest BCUT2D eigenvalue weighted by Gasteiger charge is 2.32. The second-order valence-corrected chi connectivity index (χ2v) is 10.6. The summed E-state index contributed by atoms with van der Waals surface area (Å²) in [6.07, 6.45) is 2.33. The van der Waals surface area contributed by atoms with E-state index < -0.39 is 7.92 Å². The highest BCUT2D eigenvalue weighted by atomic mass is 31.1. The predicted molar refractivity (Wildman–Crippen MR) is 141 cm³/mol. The Labute approximate surface area is 199 Å². The Balaban J connectivity index is 1.81. The minimum atomic E-state index is -0.730. The number of para-hydroxylation sites is 1. The van der Waals surface area contributed by atoms with Gasteiger partial charge in [-0.25, -0.2) is 0 Å². The van der Waals surface area contributed by atoms with Crippen molar-refractivity contribution in [1.82, 2.24) is 4.90 Å². The third-order valence-electron chi connectivity index (χ3n) is 6.46. The summed E-state index contributed by atoms with van der Waals surface area (Å²) >= 11 is 0. The van der Waals surface area contributed by atoms with Crippen molar-refractivity contribution in [2.24, 2.45) is 0 Å². The molecule has 5 heteroatoms. The Morgan fingerprint density at radius 2 is 1.64 bits per heavy atom. The van der Waals surface area contributed by atoms with Gasteiger partial charge in [0.2, 0.25) is 0 Å². The van der Waals surface area contributed by atoms with Crippen LogP contribution in [0.15, 0.2) is 78.9 Å². The third kappa shape index (κ3) is 5.41. The SMILES string of the molecule is CCN(CCO)C[C@@H]1CCCN1c1c(OC)cccc1P(c1ccccc1)c1ccccc1. The van der Waals surface area contributed by atoms with Crippen molar-refractivity contribution < 1.29 is 9.84 Å². The summed E-state index contributed by atoms with van der Waals surface area (Å²) in [6, 6.07) is 28.7. The number of anilines is 1. The van der Waals surface area contributed by atoms with Gasteiger partial charge in [0.1, 0.15) is 5.75 Å². The van der Waals surface area contributed by atoms with E-state index in [4.69, 9.17) is 4.74 Å². The Hall–Kier alpha value is -2.39. The van der Waals surface area contributed by atoms with Crippen LogP contribution >= 0.6 is 7.92 Å². The van der Waals surface area contributed by atoms with E-state index in [-0.39, 0.29) is 6.61 Å². The van der Waals surface area contributed by atoms with E-state index in [2.05, 4.69) is 95.6 Å². The smallest absolute Gasteiger partial charge is 0.142 e. The number of methoxy groups -OCH3 is 1. The van der Waals surface area contributed by atoms with Gasteiger partial charge in [0.05, 0.1) is 19.4 Å². The molecule has 1 fully saturated rings. The molecule has 3 aromatic carbocycles. The molecule has 0 bridgehead atoms. The molecule has 174 valence electrons. The fourth-order valence-electron chi connectivity index (χ4n) is 4.86. The molecule has 1 heterocycles. The Bertz CT molecular complexity index is 960. The fourth-order valence-corrected chi connectivity index (χ4v) is 7.34. The van der Waals surface area contributed by atoms with E-state index in [1.54, 1.807) is 7.11 Å². The van der Waals surface area contributed by atoms with Gasteiger partial charge in [-0.1, -0.05) is 79.7 Å². The van der Waals surface area contributed by atoms with Crippen molar-refractivity contribution in [3.05, 3.63) is 78.9 Å². The van der Waals surface area contributed by atoms with Gasteiger partial charge >= 0.3 is 0 Å². The lowest BCUT2D eigenvalue weighted by Gasteiger charge is -2.35. The summed E-state index contributed by atoms with van der Waals surface area (Å²) in [5.74, 6) is 0.948. The van der Waals surface area contributed by atoms with Crippen molar-refractivity contribution in [2.45, 2.75) is 25.8 Å². The number of rotatable bonds is 10. The molecule has 1 aliphatic heterocycles. The van der Waals surface area contributed by atoms with E-state index >= 15 is 0 Å². The number of nitrogens with zero attached hydrogens (tertiary/aromatic N) is 2. The molecule has 1 aliphatic rings. The molecular weight excluding hydrogens is 427 g/mol. The zero-order valence-corrected chi connectivity index (χ0v) is 20.6. The molecule has 1 saturated heterocycles. The first-order valence-corrected chi connectivity index (χ1v) is 13.3. The summed E-state index contributed by atoms with van der Waals surface area (Å²) in [6.45, 7) is 6.04. The summed E-state index contributed by atoms with van der Waals surface area (Å²) in [4.78, 5) is 4.94. The van der Waals surface area contributed by atoms with Crippen molar-refractivity contribution >= 4 is 29.5 Å². The zero-order valence-electron chi connectivity index (χ0n) is 19.7. The molecule has 0 amide bonds. The largest absolute Gasteiger partial charge is 0.495 e. The number of ether oxygens (including phenoxy) is 1. The van der Waals surface area contributed by atoms with Crippen molar-refractivity contribution in [2.75, 3.05) is 44.8 Å². The van der Waals surface area contributed by atoms with Gasteiger partial charge in [0.25, 0.3) is 0 Å². The zero-order chi connectivity index (χ0) is 23.0. The molecule has 0 saturated carbocycles. The van der Waals surface area contributed by atoms with Crippen LogP contribution in [0.4, 0.5) is 5.69 Å². The van der Waals surface area contributed by atoms with Gasteiger partial charge < -0.3 is 14.7 Å². The van der Waals surface area contributed by atoms with E-state index in [0.717, 1.165) is 38.3 Å². The van der Waals surface area contributed by atoms with E-state index in [0.29, 0.717) is 6.04 Å². The van der Waals surface area contributed by atoms with Gasteiger partial charge in [-0.3, -0.25) is 4.90 Å². The van der Waals surface area contributed by atoms with Gasteiger partial charge in [-0.2, -0.15) is 0 Å². The van der Waals surface area contributed by atoms with Crippen LogP contribution in [0.25, 0.3) is 0 Å². The van der Waals surface area contributed by atoms with Gasteiger partial charge in [-0.05, 0) is 44.0 Å². The number of aliphatic hydroxyl groups excluding tert-OH is 1. The fraction of sp³-hybridized carbons (Fsp3) is 0.357. The second kappa shape index (κ2) is 11.7. The van der Waals surface area contributed by atoms with Crippen LogP contribution in [0, 0.1) is 0 Å². The van der Waals surface area contributed by atoms with Crippen LogP contribution in [-0.4, -0.2) is 55.9 Å². The average Bonchev–Trinajstić information content (AvgIpc) is 3.32. The molecular formula is C28H35N2O2P. The van der Waals surface area contributed by atoms with Crippen LogP contribution in [0.3, 0.4) is 0 Å². The number of hydrogen-bond acceptors (Lipinski definition) is 4. The highest BCUT2D eigenvalue weighted by molar-refractivity contribution is 7.80. The first kappa shape index (κ1) is 23.8. The molecule has 0 spiro atoms. The van der Waals surface area contributed by atoms with Crippen LogP contribution in [-0.2, 0) is 0 Å². The first-order chi connectivity index (χ1) is 16.3. The molecule has 0 unspecified atom stereocenters. The van der Waals surface area contributed by atoms with Crippen molar-refractivity contribution in [1.29, 1.82) is 0 Å². The number of hydrogen-bond donors (Lipinski definition) is 1. The molecule has 3 aromatic rings. The van der Waals surface area contributed by atoms with Crippen molar-refractivity contribution in [3.63, 3.8) is 0 Å². The summed E-state index contributed by atoms with van der Waals surface area (Å²) in [5, 5.41) is 13.5. The molecule has 1 atom stereocenters. The van der Waals surface area contributed by atoms with Crippen LogP contribution in [0.1, 0.15) is 19.8 Å². The van der Waals surface area contributed by atoms with Crippen molar-refractivity contribution in [3.8, 4) is 5.75 Å².